The van der Waals surface area contributed by atoms with Gasteiger partial charge in [-0.3, -0.25) is 0 Å². The largest absolute Gasteiger partial charge is 0.444 e. The van der Waals surface area contributed by atoms with Gasteiger partial charge in [-0.2, -0.15) is 0 Å². The lowest BCUT2D eigenvalue weighted by molar-refractivity contribution is 0.0183. The number of hydrogen-bond donors (Lipinski definition) is 1. The number of piperidine rings is 2. The number of carbonyl (C=O) groups is 1. The third kappa shape index (κ3) is 5.10. The predicted molar refractivity (Wildman–Crippen MR) is 101 cm³/mol. The molecule has 2 bridgehead atoms. The van der Waals surface area contributed by atoms with E-state index in [9.17, 15) is 4.79 Å². The fourth-order valence-electron chi connectivity index (χ4n) is 4.83. The molecule has 0 spiro atoms. The molecule has 5 heteroatoms. The van der Waals surface area contributed by atoms with Crippen molar-refractivity contribution in [2.45, 2.75) is 77.0 Å². The van der Waals surface area contributed by atoms with Crippen molar-refractivity contribution >= 4 is 6.09 Å². The molecule has 1 N–H and O–H groups in total. The van der Waals surface area contributed by atoms with Crippen LogP contribution >= 0.6 is 0 Å². The molecule has 3 saturated heterocycles. The van der Waals surface area contributed by atoms with Crippen LogP contribution in [0.15, 0.2) is 0 Å². The molecule has 3 aliphatic heterocycles. The summed E-state index contributed by atoms with van der Waals surface area (Å²) in [6, 6.07) is 1.67. The Bertz CT molecular complexity index is 440. The summed E-state index contributed by atoms with van der Waals surface area (Å²) >= 11 is 0. The quantitative estimate of drug-likeness (QED) is 0.845. The average Bonchev–Trinajstić information content (AvgIpc) is 2.76. The van der Waals surface area contributed by atoms with Crippen molar-refractivity contribution in [1.29, 1.82) is 0 Å². The minimum atomic E-state index is -0.400. The molecule has 0 aromatic rings. The van der Waals surface area contributed by atoms with Crippen molar-refractivity contribution in [1.82, 2.24) is 15.1 Å². The second-order valence-electron chi connectivity index (χ2n) is 9.46. The molecule has 0 saturated carbocycles. The summed E-state index contributed by atoms with van der Waals surface area (Å²) in [7, 11) is 2.31. The molecule has 3 fully saturated rings. The molecule has 25 heavy (non-hydrogen) atoms. The summed E-state index contributed by atoms with van der Waals surface area (Å²) in [5.41, 5.74) is -0.400. The van der Waals surface area contributed by atoms with Crippen molar-refractivity contribution in [2.24, 2.45) is 11.8 Å². The fraction of sp³-hybridized carbons (Fsp3) is 0.950. The van der Waals surface area contributed by atoms with Gasteiger partial charge in [-0.15, -0.1) is 0 Å². The van der Waals surface area contributed by atoms with E-state index in [0.717, 1.165) is 50.5 Å². The van der Waals surface area contributed by atoms with Crippen LogP contribution in [0.3, 0.4) is 0 Å². The van der Waals surface area contributed by atoms with Gasteiger partial charge in [0.2, 0.25) is 0 Å². The zero-order valence-corrected chi connectivity index (χ0v) is 16.6. The van der Waals surface area contributed by atoms with Crippen molar-refractivity contribution in [2.75, 3.05) is 33.2 Å². The number of rotatable bonds is 4. The highest BCUT2D eigenvalue weighted by molar-refractivity contribution is 5.68. The van der Waals surface area contributed by atoms with E-state index >= 15 is 0 Å². The normalized spacial score (nSPS) is 31.4. The van der Waals surface area contributed by atoms with Crippen molar-refractivity contribution < 1.29 is 9.53 Å². The maximum atomic E-state index is 12.1. The number of ether oxygens (including phenoxy) is 1. The Kier molecular flexibility index (Phi) is 5.94. The molecule has 144 valence electrons. The summed E-state index contributed by atoms with van der Waals surface area (Å²) in [6.45, 7) is 9.72. The number of amides is 1. The van der Waals surface area contributed by atoms with Gasteiger partial charge >= 0.3 is 6.09 Å². The molecule has 0 aromatic heterocycles. The zero-order valence-electron chi connectivity index (χ0n) is 16.6. The lowest BCUT2D eigenvalue weighted by atomic mass is 9.90. The summed E-state index contributed by atoms with van der Waals surface area (Å²) in [6.07, 6.45) is 7.58. The maximum absolute atomic E-state index is 12.1. The van der Waals surface area contributed by atoms with E-state index in [1.165, 1.54) is 32.2 Å². The molecule has 2 atom stereocenters. The van der Waals surface area contributed by atoms with Gasteiger partial charge in [0, 0.05) is 25.2 Å². The summed E-state index contributed by atoms with van der Waals surface area (Å²) in [5.74, 6) is 1.55. The number of fused-ring (bicyclic) bond motifs is 2. The van der Waals surface area contributed by atoms with Gasteiger partial charge in [0.25, 0.3) is 0 Å². The van der Waals surface area contributed by atoms with Crippen LogP contribution in [0.2, 0.25) is 0 Å². The van der Waals surface area contributed by atoms with Crippen LogP contribution in [-0.4, -0.2) is 66.8 Å². The second-order valence-corrected chi connectivity index (χ2v) is 9.46. The Morgan fingerprint density at radius 3 is 2.12 bits per heavy atom. The molecule has 2 unspecified atom stereocenters. The Morgan fingerprint density at radius 1 is 1.00 bits per heavy atom. The second kappa shape index (κ2) is 7.83. The van der Waals surface area contributed by atoms with Gasteiger partial charge < -0.3 is 19.9 Å². The molecule has 3 aliphatic rings. The summed E-state index contributed by atoms with van der Waals surface area (Å²) in [4.78, 5) is 16.6. The van der Waals surface area contributed by atoms with Crippen LogP contribution in [0.4, 0.5) is 4.79 Å². The first kappa shape index (κ1) is 19.0. The summed E-state index contributed by atoms with van der Waals surface area (Å²) < 4.78 is 5.47. The molecular formula is C20H37N3O2. The molecule has 3 heterocycles. The molecule has 0 radical (unpaired) electrons. The van der Waals surface area contributed by atoms with E-state index in [4.69, 9.17) is 4.74 Å². The minimum Gasteiger partial charge on any atom is -0.444 e. The van der Waals surface area contributed by atoms with E-state index in [1.807, 2.05) is 25.7 Å². The fourth-order valence-corrected chi connectivity index (χ4v) is 4.83. The number of likely N-dealkylation sites (tertiary alicyclic amines) is 1. The maximum Gasteiger partial charge on any atom is 0.410 e. The van der Waals surface area contributed by atoms with E-state index < -0.39 is 5.60 Å². The number of nitrogens with zero attached hydrogens (tertiary/aromatic N) is 2. The molecule has 5 nitrogen and oxygen atoms in total. The Balaban J connectivity index is 1.31. The Labute approximate surface area is 153 Å². The van der Waals surface area contributed by atoms with E-state index in [2.05, 4.69) is 17.3 Å². The number of hydrogen-bond acceptors (Lipinski definition) is 4. The van der Waals surface area contributed by atoms with E-state index in [1.54, 1.807) is 0 Å². The Hall–Kier alpha value is -0.810. The van der Waals surface area contributed by atoms with Crippen LogP contribution in [0.5, 0.6) is 0 Å². The van der Waals surface area contributed by atoms with Crippen LogP contribution < -0.4 is 5.32 Å². The highest BCUT2D eigenvalue weighted by atomic mass is 16.6. The van der Waals surface area contributed by atoms with Gasteiger partial charge in [-0.25, -0.2) is 4.79 Å². The molecule has 1 amide bonds. The predicted octanol–water partition coefficient (Wildman–Crippen LogP) is 3.10. The molecule has 0 aromatic carbocycles. The Morgan fingerprint density at radius 2 is 1.56 bits per heavy atom. The lowest BCUT2D eigenvalue weighted by Crippen LogP contribution is -2.45. The smallest absolute Gasteiger partial charge is 0.410 e. The standard InChI is InChI=1S/C20H37N3O2/c1-20(2,3)25-19(24)23-9-7-15(8-10-23)13-21-14-16-11-17-5-6-18(12-16)22(17)4/h15-18,21H,5-14H2,1-4H3. The zero-order chi connectivity index (χ0) is 18.0. The number of nitrogens with one attached hydrogen (secondary N) is 1. The van der Waals surface area contributed by atoms with Crippen molar-refractivity contribution in [3.63, 3.8) is 0 Å². The third-order valence-electron chi connectivity index (χ3n) is 6.33. The average molecular weight is 352 g/mol. The van der Waals surface area contributed by atoms with Gasteiger partial charge in [0.05, 0.1) is 0 Å². The van der Waals surface area contributed by atoms with Crippen molar-refractivity contribution in [3.8, 4) is 0 Å². The first-order chi connectivity index (χ1) is 11.8. The van der Waals surface area contributed by atoms with Gasteiger partial charge in [-0.05, 0) is 91.3 Å². The van der Waals surface area contributed by atoms with Gasteiger partial charge in [0.15, 0.2) is 0 Å². The monoisotopic (exact) mass is 351 g/mol. The molecule has 3 rings (SSSR count). The van der Waals surface area contributed by atoms with Crippen LogP contribution in [0.1, 0.15) is 59.3 Å². The van der Waals surface area contributed by atoms with Gasteiger partial charge in [-0.1, -0.05) is 0 Å². The highest BCUT2D eigenvalue weighted by Gasteiger charge is 2.38. The van der Waals surface area contributed by atoms with Crippen LogP contribution in [0.25, 0.3) is 0 Å². The topological polar surface area (TPSA) is 44.8 Å². The first-order valence-electron chi connectivity index (χ1n) is 10.2. The van der Waals surface area contributed by atoms with Crippen LogP contribution in [-0.2, 0) is 4.74 Å². The third-order valence-corrected chi connectivity index (χ3v) is 6.33. The highest BCUT2D eigenvalue weighted by Crippen LogP contribution is 2.37. The summed E-state index contributed by atoms with van der Waals surface area (Å²) in [5, 5.41) is 3.74. The lowest BCUT2D eigenvalue weighted by Gasteiger charge is -2.37. The minimum absolute atomic E-state index is 0.152. The molecular weight excluding hydrogens is 314 g/mol. The van der Waals surface area contributed by atoms with Crippen molar-refractivity contribution in [3.05, 3.63) is 0 Å². The van der Waals surface area contributed by atoms with E-state index in [0.29, 0.717) is 5.92 Å². The van der Waals surface area contributed by atoms with Crippen LogP contribution in [0, 0.1) is 11.8 Å². The number of carbonyl (C=O) groups excluding carboxylic acids is 1. The molecule has 0 aliphatic carbocycles. The van der Waals surface area contributed by atoms with Gasteiger partial charge in [0.1, 0.15) is 5.60 Å². The first-order valence-corrected chi connectivity index (χ1v) is 10.2. The SMILES string of the molecule is CN1C2CCC1CC(CNCC1CCN(C(=O)OC(C)(C)C)CC1)C2. The van der Waals surface area contributed by atoms with E-state index in [-0.39, 0.29) is 6.09 Å².